The van der Waals surface area contributed by atoms with Crippen molar-refractivity contribution in [2.24, 2.45) is 7.05 Å². The highest BCUT2D eigenvalue weighted by molar-refractivity contribution is 5.29. The Hall–Kier alpha value is -2.84. The molecule has 0 spiro atoms. The molecule has 0 radical (unpaired) electrons. The summed E-state index contributed by atoms with van der Waals surface area (Å²) in [6.07, 6.45) is 4.59. The van der Waals surface area contributed by atoms with E-state index in [1.54, 1.807) is 13.8 Å². The van der Waals surface area contributed by atoms with E-state index >= 15 is 0 Å². The van der Waals surface area contributed by atoms with Gasteiger partial charge in [0.2, 0.25) is 0 Å². The minimum atomic E-state index is -1.19. The van der Waals surface area contributed by atoms with E-state index < -0.39 is 28.8 Å². The third kappa shape index (κ3) is 3.57. The zero-order valence-electron chi connectivity index (χ0n) is 17.4. The summed E-state index contributed by atoms with van der Waals surface area (Å²) in [6, 6.07) is 1.19. The predicted molar refractivity (Wildman–Crippen MR) is 104 cm³/mol. The Kier molecular flexibility index (Phi) is 5.07. The fourth-order valence-electron chi connectivity index (χ4n) is 4.17. The van der Waals surface area contributed by atoms with E-state index in [0.29, 0.717) is 24.5 Å². The van der Waals surface area contributed by atoms with Gasteiger partial charge < -0.3 is 9.30 Å². The lowest BCUT2D eigenvalue weighted by Crippen LogP contribution is -2.31. The molecule has 6 nitrogen and oxygen atoms in total. The first-order valence-corrected chi connectivity index (χ1v) is 9.98. The Morgan fingerprint density at radius 1 is 1.17 bits per heavy atom. The first kappa shape index (κ1) is 20.4. The van der Waals surface area contributed by atoms with Crippen LogP contribution in [0.3, 0.4) is 0 Å². The van der Waals surface area contributed by atoms with Crippen molar-refractivity contribution in [3.63, 3.8) is 0 Å². The number of ether oxygens (including phenoxy) is 1. The predicted octanol–water partition coefficient (Wildman–Crippen LogP) is 4.04. The number of halogens is 3. The van der Waals surface area contributed by atoms with Gasteiger partial charge in [0.05, 0.1) is 5.69 Å². The SMILES string of the molecule is CCn1c(C2CCc3nn(C)cc3C2)nnc1C(C)(C)Oc1c(F)cc(F)cc1F. The Morgan fingerprint density at radius 2 is 1.87 bits per heavy atom. The zero-order valence-corrected chi connectivity index (χ0v) is 17.4. The van der Waals surface area contributed by atoms with E-state index in [4.69, 9.17) is 4.74 Å². The molecule has 30 heavy (non-hydrogen) atoms. The van der Waals surface area contributed by atoms with Crippen molar-refractivity contribution in [3.8, 4) is 5.75 Å². The van der Waals surface area contributed by atoms with Crippen molar-refractivity contribution in [1.29, 1.82) is 0 Å². The van der Waals surface area contributed by atoms with Gasteiger partial charge in [-0.3, -0.25) is 4.68 Å². The van der Waals surface area contributed by atoms with Gasteiger partial charge in [0.25, 0.3) is 0 Å². The minimum Gasteiger partial charge on any atom is -0.474 e. The summed E-state index contributed by atoms with van der Waals surface area (Å²) >= 11 is 0. The van der Waals surface area contributed by atoms with Crippen molar-refractivity contribution >= 4 is 0 Å². The van der Waals surface area contributed by atoms with Crippen molar-refractivity contribution in [3.05, 3.63) is 58.7 Å². The highest BCUT2D eigenvalue weighted by atomic mass is 19.1. The molecular weight excluding hydrogens is 395 g/mol. The molecule has 0 saturated heterocycles. The van der Waals surface area contributed by atoms with Crippen LogP contribution in [-0.4, -0.2) is 24.5 Å². The van der Waals surface area contributed by atoms with Crippen LogP contribution in [0.15, 0.2) is 18.3 Å². The zero-order chi connectivity index (χ0) is 21.6. The Labute approximate surface area is 172 Å². The second kappa shape index (κ2) is 7.45. The molecule has 0 fully saturated rings. The number of hydrogen-bond donors (Lipinski definition) is 0. The third-order valence-electron chi connectivity index (χ3n) is 5.51. The van der Waals surface area contributed by atoms with Crippen molar-refractivity contribution < 1.29 is 17.9 Å². The number of aromatic nitrogens is 5. The fraction of sp³-hybridized carbons (Fsp3) is 0.476. The van der Waals surface area contributed by atoms with Gasteiger partial charge in [0, 0.05) is 37.8 Å². The first-order chi connectivity index (χ1) is 14.2. The third-order valence-corrected chi connectivity index (χ3v) is 5.51. The summed E-state index contributed by atoms with van der Waals surface area (Å²) in [5.41, 5.74) is 1.13. The quantitative estimate of drug-likeness (QED) is 0.627. The Balaban J connectivity index is 1.65. The lowest BCUT2D eigenvalue weighted by Gasteiger charge is -2.27. The molecule has 1 aromatic carbocycles. The van der Waals surface area contributed by atoms with Crippen molar-refractivity contribution in [1.82, 2.24) is 24.5 Å². The van der Waals surface area contributed by atoms with Gasteiger partial charge >= 0.3 is 0 Å². The summed E-state index contributed by atoms with van der Waals surface area (Å²) in [6.45, 7) is 5.86. The largest absolute Gasteiger partial charge is 0.474 e. The molecule has 160 valence electrons. The number of fused-ring (bicyclic) bond motifs is 1. The van der Waals surface area contributed by atoms with E-state index in [9.17, 15) is 13.2 Å². The molecule has 1 aliphatic carbocycles. The van der Waals surface area contributed by atoms with Crippen LogP contribution in [0, 0.1) is 17.5 Å². The van der Waals surface area contributed by atoms with Gasteiger partial charge in [-0.05, 0) is 45.6 Å². The van der Waals surface area contributed by atoms with Gasteiger partial charge in [-0.15, -0.1) is 10.2 Å². The van der Waals surface area contributed by atoms with Gasteiger partial charge in [0.1, 0.15) is 11.6 Å². The number of rotatable bonds is 5. The molecule has 0 amide bonds. The first-order valence-electron chi connectivity index (χ1n) is 9.98. The van der Waals surface area contributed by atoms with E-state index in [1.165, 1.54) is 5.56 Å². The molecule has 9 heteroatoms. The number of hydrogen-bond acceptors (Lipinski definition) is 4. The normalized spacial score (nSPS) is 16.6. The Bertz CT molecular complexity index is 1070. The Morgan fingerprint density at radius 3 is 2.53 bits per heavy atom. The summed E-state index contributed by atoms with van der Waals surface area (Å²) in [7, 11) is 1.91. The fourth-order valence-corrected chi connectivity index (χ4v) is 4.17. The monoisotopic (exact) mass is 419 g/mol. The van der Waals surface area contributed by atoms with Crippen LogP contribution < -0.4 is 4.74 Å². The lowest BCUT2D eigenvalue weighted by atomic mass is 9.87. The molecular formula is C21H24F3N5O. The van der Waals surface area contributed by atoms with Crippen LogP contribution in [-0.2, 0) is 32.0 Å². The topological polar surface area (TPSA) is 57.8 Å². The highest BCUT2D eigenvalue weighted by Gasteiger charge is 2.35. The minimum absolute atomic E-state index is 0.165. The van der Waals surface area contributed by atoms with Gasteiger partial charge in [-0.2, -0.15) is 5.10 Å². The number of aryl methyl sites for hydroxylation is 2. The molecule has 1 atom stereocenters. The molecule has 0 bridgehead atoms. The maximum Gasteiger partial charge on any atom is 0.192 e. The molecule has 0 aliphatic heterocycles. The second-order valence-corrected chi connectivity index (χ2v) is 8.15. The van der Waals surface area contributed by atoms with Gasteiger partial charge in [0.15, 0.2) is 28.8 Å². The molecule has 0 N–H and O–H groups in total. The van der Waals surface area contributed by atoms with Crippen LogP contribution in [0.2, 0.25) is 0 Å². The summed E-state index contributed by atoms with van der Waals surface area (Å²) in [4.78, 5) is 0. The average Bonchev–Trinajstić information content (AvgIpc) is 3.26. The molecule has 2 heterocycles. The van der Waals surface area contributed by atoms with Crippen LogP contribution in [0.5, 0.6) is 5.75 Å². The summed E-state index contributed by atoms with van der Waals surface area (Å²) in [5.74, 6) is -2.39. The summed E-state index contributed by atoms with van der Waals surface area (Å²) < 4.78 is 50.9. The van der Waals surface area contributed by atoms with Crippen molar-refractivity contribution in [2.75, 3.05) is 0 Å². The van der Waals surface area contributed by atoms with Crippen LogP contribution >= 0.6 is 0 Å². The maximum absolute atomic E-state index is 14.1. The molecule has 2 aromatic heterocycles. The van der Waals surface area contributed by atoms with Crippen LogP contribution in [0.4, 0.5) is 13.2 Å². The average molecular weight is 419 g/mol. The van der Waals surface area contributed by atoms with Crippen LogP contribution in [0.25, 0.3) is 0 Å². The number of benzene rings is 1. The molecule has 1 unspecified atom stereocenters. The van der Waals surface area contributed by atoms with E-state index in [-0.39, 0.29) is 5.92 Å². The maximum atomic E-state index is 14.1. The van der Waals surface area contributed by atoms with Crippen LogP contribution in [0.1, 0.15) is 56.0 Å². The molecule has 3 aromatic rings. The van der Waals surface area contributed by atoms with E-state index in [0.717, 1.165) is 30.8 Å². The smallest absolute Gasteiger partial charge is 0.192 e. The summed E-state index contributed by atoms with van der Waals surface area (Å²) in [5, 5.41) is 13.2. The van der Waals surface area contributed by atoms with E-state index in [1.807, 2.05) is 29.4 Å². The lowest BCUT2D eigenvalue weighted by molar-refractivity contribution is 0.0820. The highest BCUT2D eigenvalue weighted by Crippen LogP contribution is 2.35. The van der Waals surface area contributed by atoms with Gasteiger partial charge in [-0.1, -0.05) is 0 Å². The standard InChI is InChI=1S/C21H24F3N5O/c1-5-29-19(12-6-7-17-13(8-12)11-28(4)27-17)25-26-20(29)21(2,3)30-18-15(23)9-14(22)10-16(18)24/h9-12H,5-8H2,1-4H3. The van der Waals surface area contributed by atoms with Gasteiger partial charge in [-0.25, -0.2) is 13.2 Å². The molecule has 1 aliphatic rings. The van der Waals surface area contributed by atoms with E-state index in [2.05, 4.69) is 15.3 Å². The van der Waals surface area contributed by atoms with Crippen molar-refractivity contribution in [2.45, 2.75) is 58.1 Å². The number of nitrogens with zero attached hydrogens (tertiary/aromatic N) is 5. The molecule has 0 saturated carbocycles. The second-order valence-electron chi connectivity index (χ2n) is 8.15. The molecule has 4 rings (SSSR count).